The first-order chi connectivity index (χ1) is 12.6. The van der Waals surface area contributed by atoms with E-state index in [1.807, 2.05) is 6.07 Å². The molecule has 1 amide bonds. The van der Waals surface area contributed by atoms with Crippen molar-refractivity contribution in [1.82, 2.24) is 5.32 Å². The van der Waals surface area contributed by atoms with Crippen LogP contribution >= 0.6 is 0 Å². The summed E-state index contributed by atoms with van der Waals surface area (Å²) in [7, 11) is 4.55. The van der Waals surface area contributed by atoms with E-state index in [4.69, 9.17) is 18.9 Å². The predicted octanol–water partition coefficient (Wildman–Crippen LogP) is 2.19. The van der Waals surface area contributed by atoms with Gasteiger partial charge in [0.1, 0.15) is 11.3 Å². The Labute approximate surface area is 151 Å². The van der Waals surface area contributed by atoms with Crippen LogP contribution in [0.1, 0.15) is 15.9 Å². The molecule has 0 saturated heterocycles. The Kier molecular flexibility index (Phi) is 6.84. The maximum Gasteiger partial charge on any atom is 0.342 e. The van der Waals surface area contributed by atoms with Gasteiger partial charge in [0, 0.05) is 6.54 Å². The summed E-state index contributed by atoms with van der Waals surface area (Å²) in [5.74, 6) is 0.533. The van der Waals surface area contributed by atoms with Crippen LogP contribution in [0.4, 0.5) is 0 Å². The fraction of sp³-hybridized carbons (Fsp3) is 0.263. The third kappa shape index (κ3) is 4.89. The van der Waals surface area contributed by atoms with E-state index in [2.05, 4.69) is 5.32 Å². The Hall–Kier alpha value is -3.22. The third-order valence-electron chi connectivity index (χ3n) is 3.60. The normalized spacial score (nSPS) is 9.96. The van der Waals surface area contributed by atoms with E-state index < -0.39 is 11.9 Å². The van der Waals surface area contributed by atoms with E-state index in [-0.39, 0.29) is 18.7 Å². The number of esters is 1. The molecule has 0 atom stereocenters. The molecule has 0 aliphatic rings. The highest BCUT2D eigenvalue weighted by Gasteiger charge is 2.14. The summed E-state index contributed by atoms with van der Waals surface area (Å²) in [5, 5.41) is 2.68. The first kappa shape index (κ1) is 19.1. The van der Waals surface area contributed by atoms with Crippen molar-refractivity contribution in [2.45, 2.75) is 6.54 Å². The van der Waals surface area contributed by atoms with E-state index in [0.717, 1.165) is 5.56 Å². The average Bonchev–Trinajstić information content (AvgIpc) is 2.69. The van der Waals surface area contributed by atoms with Crippen LogP contribution in [0.15, 0.2) is 42.5 Å². The van der Waals surface area contributed by atoms with Crippen molar-refractivity contribution < 1.29 is 28.5 Å². The van der Waals surface area contributed by atoms with Crippen LogP contribution in [-0.2, 0) is 16.1 Å². The van der Waals surface area contributed by atoms with Gasteiger partial charge in [-0.3, -0.25) is 4.79 Å². The smallest absolute Gasteiger partial charge is 0.342 e. The molecule has 0 fully saturated rings. The summed E-state index contributed by atoms with van der Waals surface area (Å²) in [6.45, 7) is -0.116. The quantitative estimate of drug-likeness (QED) is 0.728. The SMILES string of the molecule is COc1ccc(CNC(=O)COC(=O)c2ccccc2OC)cc1OC. The van der Waals surface area contributed by atoms with Crippen LogP contribution in [0, 0.1) is 0 Å². The molecule has 0 spiro atoms. The summed E-state index contributed by atoms with van der Waals surface area (Å²) in [6.07, 6.45) is 0. The molecule has 7 heteroatoms. The van der Waals surface area contributed by atoms with Gasteiger partial charge in [-0.15, -0.1) is 0 Å². The van der Waals surface area contributed by atoms with Crippen molar-refractivity contribution in [3.05, 3.63) is 53.6 Å². The van der Waals surface area contributed by atoms with Crippen LogP contribution in [-0.4, -0.2) is 39.8 Å². The van der Waals surface area contributed by atoms with E-state index in [1.54, 1.807) is 43.5 Å². The average molecular weight is 359 g/mol. The maximum atomic E-state index is 12.0. The number of benzene rings is 2. The molecule has 0 heterocycles. The number of carbonyl (C=O) groups is 2. The number of carbonyl (C=O) groups excluding carboxylic acids is 2. The number of rotatable bonds is 8. The molecule has 0 unspecified atom stereocenters. The number of methoxy groups -OCH3 is 3. The lowest BCUT2D eigenvalue weighted by molar-refractivity contribution is -0.124. The highest BCUT2D eigenvalue weighted by atomic mass is 16.5. The number of nitrogens with one attached hydrogen (secondary N) is 1. The molecule has 7 nitrogen and oxygen atoms in total. The van der Waals surface area contributed by atoms with Crippen LogP contribution < -0.4 is 19.5 Å². The Balaban J connectivity index is 1.86. The van der Waals surface area contributed by atoms with Crippen molar-refractivity contribution in [2.75, 3.05) is 27.9 Å². The summed E-state index contributed by atoms with van der Waals surface area (Å²) in [6, 6.07) is 12.0. The predicted molar refractivity (Wildman–Crippen MR) is 94.7 cm³/mol. The third-order valence-corrected chi connectivity index (χ3v) is 3.60. The molecular formula is C19H21NO6. The van der Waals surface area contributed by atoms with Gasteiger partial charge >= 0.3 is 5.97 Å². The van der Waals surface area contributed by atoms with Crippen LogP contribution in [0.2, 0.25) is 0 Å². The van der Waals surface area contributed by atoms with Gasteiger partial charge in [0.2, 0.25) is 0 Å². The number of hydrogen-bond acceptors (Lipinski definition) is 6. The van der Waals surface area contributed by atoms with Gasteiger partial charge in [0.05, 0.1) is 21.3 Å². The Morgan fingerprint density at radius 3 is 2.27 bits per heavy atom. The largest absolute Gasteiger partial charge is 0.496 e. The van der Waals surface area contributed by atoms with Gasteiger partial charge in [-0.1, -0.05) is 18.2 Å². The van der Waals surface area contributed by atoms with Crippen molar-refractivity contribution in [3.63, 3.8) is 0 Å². The first-order valence-electron chi connectivity index (χ1n) is 7.86. The van der Waals surface area contributed by atoms with Gasteiger partial charge in [-0.2, -0.15) is 0 Å². The van der Waals surface area contributed by atoms with E-state index >= 15 is 0 Å². The second-order valence-electron chi connectivity index (χ2n) is 5.24. The minimum absolute atomic E-state index is 0.266. The molecule has 0 saturated carbocycles. The van der Waals surface area contributed by atoms with Crippen LogP contribution in [0.3, 0.4) is 0 Å². The molecule has 1 N–H and O–H groups in total. The van der Waals surface area contributed by atoms with E-state index in [1.165, 1.54) is 14.2 Å². The maximum absolute atomic E-state index is 12.0. The van der Waals surface area contributed by atoms with Gasteiger partial charge in [0.25, 0.3) is 5.91 Å². The molecule has 2 aromatic rings. The van der Waals surface area contributed by atoms with Crippen LogP contribution in [0.5, 0.6) is 17.2 Å². The summed E-state index contributed by atoms with van der Waals surface area (Å²) in [4.78, 5) is 24.0. The molecule has 0 radical (unpaired) electrons. The minimum Gasteiger partial charge on any atom is -0.496 e. The van der Waals surface area contributed by atoms with E-state index in [0.29, 0.717) is 17.2 Å². The molecular weight excluding hydrogens is 338 g/mol. The Bertz CT molecular complexity index is 774. The zero-order valence-electron chi connectivity index (χ0n) is 14.9. The molecule has 0 aromatic heterocycles. The zero-order chi connectivity index (χ0) is 18.9. The van der Waals surface area contributed by atoms with Gasteiger partial charge in [-0.05, 0) is 29.8 Å². The van der Waals surface area contributed by atoms with Gasteiger partial charge < -0.3 is 24.3 Å². The highest BCUT2D eigenvalue weighted by Crippen LogP contribution is 2.27. The second-order valence-corrected chi connectivity index (χ2v) is 5.24. The highest BCUT2D eigenvalue weighted by molar-refractivity contribution is 5.93. The second kappa shape index (κ2) is 9.31. The zero-order valence-corrected chi connectivity index (χ0v) is 14.9. The number of hydrogen-bond donors (Lipinski definition) is 1. The molecule has 26 heavy (non-hydrogen) atoms. The van der Waals surface area contributed by atoms with Crippen molar-refractivity contribution >= 4 is 11.9 Å². The number of amides is 1. The topological polar surface area (TPSA) is 83.1 Å². The molecule has 0 aliphatic heterocycles. The molecule has 0 aliphatic carbocycles. The molecule has 2 aromatic carbocycles. The van der Waals surface area contributed by atoms with Crippen LogP contribution in [0.25, 0.3) is 0 Å². The van der Waals surface area contributed by atoms with E-state index in [9.17, 15) is 9.59 Å². The fourth-order valence-electron chi connectivity index (χ4n) is 2.26. The van der Waals surface area contributed by atoms with Gasteiger partial charge in [-0.25, -0.2) is 4.79 Å². The summed E-state index contributed by atoms with van der Waals surface area (Å²) in [5.41, 5.74) is 1.09. The Morgan fingerprint density at radius 2 is 1.58 bits per heavy atom. The molecule has 0 bridgehead atoms. The fourth-order valence-corrected chi connectivity index (χ4v) is 2.26. The summed E-state index contributed by atoms with van der Waals surface area (Å²) >= 11 is 0. The van der Waals surface area contributed by atoms with Crippen molar-refractivity contribution in [1.29, 1.82) is 0 Å². The standard InChI is InChI=1S/C19H21NO6/c1-23-15-7-5-4-6-14(15)19(22)26-12-18(21)20-11-13-8-9-16(24-2)17(10-13)25-3/h4-10H,11-12H2,1-3H3,(H,20,21). The van der Waals surface area contributed by atoms with Crippen molar-refractivity contribution in [3.8, 4) is 17.2 Å². The minimum atomic E-state index is -0.622. The lowest BCUT2D eigenvalue weighted by atomic mass is 10.2. The first-order valence-corrected chi connectivity index (χ1v) is 7.86. The molecule has 2 rings (SSSR count). The molecule has 138 valence electrons. The monoisotopic (exact) mass is 359 g/mol. The number of para-hydroxylation sites is 1. The lowest BCUT2D eigenvalue weighted by Crippen LogP contribution is -2.28. The summed E-state index contributed by atoms with van der Waals surface area (Å²) < 4.78 is 20.5. The Morgan fingerprint density at radius 1 is 0.885 bits per heavy atom. The van der Waals surface area contributed by atoms with Crippen molar-refractivity contribution in [2.24, 2.45) is 0 Å². The van der Waals surface area contributed by atoms with Gasteiger partial charge in [0.15, 0.2) is 18.1 Å². The lowest BCUT2D eigenvalue weighted by Gasteiger charge is -2.11. The number of ether oxygens (including phenoxy) is 4.